The molecule has 3 aromatic rings. The molecule has 7 nitrogen and oxygen atoms in total. The van der Waals surface area contributed by atoms with Gasteiger partial charge in [0.1, 0.15) is 0 Å². The number of imidazole rings is 1. The molecule has 3 rings (SSSR count). The van der Waals surface area contributed by atoms with Gasteiger partial charge in [-0.3, -0.25) is 9.10 Å². The molecular formula is C22H25ClN4O3S2. The van der Waals surface area contributed by atoms with Crippen molar-refractivity contribution in [1.29, 1.82) is 0 Å². The third kappa shape index (κ3) is 5.46. The van der Waals surface area contributed by atoms with Crippen LogP contribution in [0.5, 0.6) is 0 Å². The fraction of sp³-hybridized carbons (Fsp3) is 0.273. The van der Waals surface area contributed by atoms with E-state index < -0.39 is 10.0 Å². The average molecular weight is 493 g/mol. The standard InChI is InChI=1S/C22H25ClN4O3S2/c1-4-27(17-8-6-5-7-9-17)32(29,30)18-10-11-19(23)20(14-18)25-21(28)15-31-22-24-12-13-26(22)16(2)3/h5-14,16H,4,15H2,1-3H3,(H,25,28). The molecule has 2 aromatic carbocycles. The van der Waals surface area contributed by atoms with Gasteiger partial charge in [-0.2, -0.15) is 0 Å². The number of anilines is 2. The van der Waals surface area contributed by atoms with Crippen molar-refractivity contribution in [2.24, 2.45) is 0 Å². The van der Waals surface area contributed by atoms with Crippen molar-refractivity contribution in [3.05, 3.63) is 65.9 Å². The summed E-state index contributed by atoms with van der Waals surface area (Å²) in [6.45, 7) is 6.09. The average Bonchev–Trinajstić information content (AvgIpc) is 3.24. The number of benzene rings is 2. The smallest absolute Gasteiger partial charge is 0.264 e. The highest BCUT2D eigenvalue weighted by molar-refractivity contribution is 7.99. The molecule has 1 heterocycles. The van der Waals surface area contributed by atoms with E-state index in [0.717, 1.165) is 5.16 Å². The van der Waals surface area contributed by atoms with Crippen LogP contribution in [-0.2, 0) is 14.8 Å². The number of sulfonamides is 1. The van der Waals surface area contributed by atoms with Gasteiger partial charge in [0, 0.05) is 25.0 Å². The quantitative estimate of drug-likeness (QED) is 0.422. The number of carbonyl (C=O) groups excluding carboxylic acids is 1. The Hall–Kier alpha value is -2.49. The second kappa shape index (κ2) is 10.4. The van der Waals surface area contributed by atoms with Crippen molar-refractivity contribution >= 4 is 50.7 Å². The van der Waals surface area contributed by atoms with Gasteiger partial charge in [-0.1, -0.05) is 41.6 Å². The van der Waals surface area contributed by atoms with E-state index in [-0.39, 0.29) is 39.9 Å². The largest absolute Gasteiger partial charge is 0.324 e. The topological polar surface area (TPSA) is 84.3 Å². The van der Waals surface area contributed by atoms with Crippen LogP contribution in [0.1, 0.15) is 26.8 Å². The molecule has 0 saturated heterocycles. The van der Waals surface area contributed by atoms with Crippen molar-refractivity contribution in [2.45, 2.75) is 36.9 Å². The minimum absolute atomic E-state index is 0.0471. The van der Waals surface area contributed by atoms with E-state index in [1.54, 1.807) is 37.4 Å². The van der Waals surface area contributed by atoms with Gasteiger partial charge in [0.25, 0.3) is 10.0 Å². The van der Waals surface area contributed by atoms with Crippen molar-refractivity contribution < 1.29 is 13.2 Å². The molecule has 0 fully saturated rings. The number of nitrogens with zero attached hydrogens (tertiary/aromatic N) is 3. The number of aromatic nitrogens is 2. The predicted molar refractivity (Wildman–Crippen MR) is 130 cm³/mol. The summed E-state index contributed by atoms with van der Waals surface area (Å²) in [7, 11) is -3.84. The molecule has 10 heteroatoms. The molecule has 0 radical (unpaired) electrons. The summed E-state index contributed by atoms with van der Waals surface area (Å²) < 4.78 is 29.8. The van der Waals surface area contributed by atoms with E-state index in [1.165, 1.54) is 34.3 Å². The Bertz CT molecular complexity index is 1180. The molecule has 0 spiro atoms. The second-order valence-corrected chi connectivity index (χ2v) is 10.4. The SMILES string of the molecule is CCN(c1ccccc1)S(=O)(=O)c1ccc(Cl)c(NC(=O)CSc2nccn2C(C)C)c1. The summed E-state index contributed by atoms with van der Waals surface area (Å²) in [5.41, 5.74) is 0.808. The summed E-state index contributed by atoms with van der Waals surface area (Å²) in [6, 6.07) is 13.4. The zero-order chi connectivity index (χ0) is 23.3. The Labute approximate surface area is 197 Å². The summed E-state index contributed by atoms with van der Waals surface area (Å²) in [6.07, 6.45) is 3.56. The fourth-order valence-electron chi connectivity index (χ4n) is 3.09. The number of amides is 1. The van der Waals surface area contributed by atoms with Gasteiger partial charge in [-0.25, -0.2) is 13.4 Å². The molecule has 1 aromatic heterocycles. The first kappa shape index (κ1) is 24.2. The monoisotopic (exact) mass is 492 g/mol. The molecule has 170 valence electrons. The second-order valence-electron chi connectivity index (χ2n) is 7.19. The molecule has 32 heavy (non-hydrogen) atoms. The molecular weight excluding hydrogens is 468 g/mol. The number of carbonyl (C=O) groups is 1. The molecule has 0 unspecified atom stereocenters. The first-order valence-corrected chi connectivity index (χ1v) is 12.9. The minimum atomic E-state index is -3.84. The van der Waals surface area contributed by atoms with Crippen LogP contribution >= 0.6 is 23.4 Å². The van der Waals surface area contributed by atoms with Gasteiger partial charge in [0.15, 0.2) is 5.16 Å². The Balaban J connectivity index is 1.77. The first-order chi connectivity index (χ1) is 15.2. The number of thioether (sulfide) groups is 1. The molecule has 1 amide bonds. The number of halogens is 1. The normalized spacial score (nSPS) is 11.5. The Kier molecular flexibility index (Phi) is 7.86. The van der Waals surface area contributed by atoms with Gasteiger partial charge in [-0.15, -0.1) is 0 Å². The Morgan fingerprint density at radius 2 is 1.94 bits per heavy atom. The molecule has 0 aliphatic rings. The third-order valence-electron chi connectivity index (χ3n) is 4.65. The summed E-state index contributed by atoms with van der Waals surface area (Å²) in [4.78, 5) is 16.8. The van der Waals surface area contributed by atoms with Crippen molar-refractivity contribution in [2.75, 3.05) is 21.9 Å². The third-order valence-corrected chi connectivity index (χ3v) is 7.86. The zero-order valence-corrected chi connectivity index (χ0v) is 20.4. The van der Waals surface area contributed by atoms with Crippen LogP contribution in [0.15, 0.2) is 71.0 Å². The highest BCUT2D eigenvalue weighted by atomic mass is 35.5. The highest BCUT2D eigenvalue weighted by Gasteiger charge is 2.24. The fourth-order valence-corrected chi connectivity index (χ4v) is 5.65. The summed E-state index contributed by atoms with van der Waals surface area (Å²) in [5.74, 6) is -0.192. The zero-order valence-electron chi connectivity index (χ0n) is 18.0. The van der Waals surface area contributed by atoms with Crippen molar-refractivity contribution in [3.63, 3.8) is 0 Å². The maximum absolute atomic E-state index is 13.3. The van der Waals surface area contributed by atoms with E-state index >= 15 is 0 Å². The van der Waals surface area contributed by atoms with Crippen LogP contribution in [0.25, 0.3) is 0 Å². The van der Waals surface area contributed by atoms with Crippen molar-refractivity contribution in [1.82, 2.24) is 9.55 Å². The van der Waals surface area contributed by atoms with Crippen LogP contribution in [0.2, 0.25) is 5.02 Å². The lowest BCUT2D eigenvalue weighted by Gasteiger charge is -2.23. The number of hydrogen-bond donors (Lipinski definition) is 1. The molecule has 0 aliphatic heterocycles. The molecule has 0 saturated carbocycles. The van der Waals surface area contributed by atoms with Crippen LogP contribution in [0.3, 0.4) is 0 Å². The van der Waals surface area contributed by atoms with Crippen LogP contribution < -0.4 is 9.62 Å². The minimum Gasteiger partial charge on any atom is -0.324 e. The van der Waals surface area contributed by atoms with Crippen LogP contribution in [-0.4, -0.2) is 36.2 Å². The number of nitrogens with one attached hydrogen (secondary N) is 1. The van der Waals surface area contributed by atoms with Crippen LogP contribution in [0, 0.1) is 0 Å². The van der Waals surface area contributed by atoms with E-state index in [0.29, 0.717) is 5.69 Å². The van der Waals surface area contributed by atoms with Crippen LogP contribution in [0.4, 0.5) is 11.4 Å². The van der Waals surface area contributed by atoms with E-state index in [4.69, 9.17) is 11.6 Å². The van der Waals surface area contributed by atoms with Gasteiger partial charge in [0.2, 0.25) is 5.91 Å². The van der Waals surface area contributed by atoms with E-state index in [2.05, 4.69) is 10.3 Å². The molecule has 0 bridgehead atoms. The molecule has 0 aliphatic carbocycles. The highest BCUT2D eigenvalue weighted by Crippen LogP contribution is 2.29. The maximum atomic E-state index is 13.3. The van der Waals surface area contributed by atoms with Gasteiger partial charge in [0.05, 0.1) is 27.0 Å². The first-order valence-electron chi connectivity index (χ1n) is 10.1. The molecule has 1 N–H and O–H groups in total. The Morgan fingerprint density at radius 3 is 2.59 bits per heavy atom. The number of rotatable bonds is 9. The predicted octanol–water partition coefficient (Wildman–Crippen LogP) is 5.06. The van der Waals surface area contributed by atoms with E-state index in [9.17, 15) is 13.2 Å². The maximum Gasteiger partial charge on any atom is 0.264 e. The molecule has 0 atom stereocenters. The lowest BCUT2D eigenvalue weighted by atomic mass is 10.3. The lowest BCUT2D eigenvalue weighted by Crippen LogP contribution is -2.30. The van der Waals surface area contributed by atoms with Gasteiger partial charge in [-0.05, 0) is 51.1 Å². The van der Waals surface area contributed by atoms with Crippen molar-refractivity contribution in [3.8, 4) is 0 Å². The number of hydrogen-bond acceptors (Lipinski definition) is 5. The van der Waals surface area contributed by atoms with Gasteiger partial charge >= 0.3 is 0 Å². The van der Waals surface area contributed by atoms with E-state index in [1.807, 2.05) is 30.7 Å². The number of para-hydroxylation sites is 1. The summed E-state index contributed by atoms with van der Waals surface area (Å²) >= 11 is 7.54. The summed E-state index contributed by atoms with van der Waals surface area (Å²) in [5, 5.41) is 3.71. The lowest BCUT2D eigenvalue weighted by molar-refractivity contribution is -0.113. The van der Waals surface area contributed by atoms with Gasteiger partial charge < -0.3 is 9.88 Å². The Morgan fingerprint density at radius 1 is 1.22 bits per heavy atom.